The fourth-order valence-corrected chi connectivity index (χ4v) is 1.55. The van der Waals surface area contributed by atoms with Gasteiger partial charge in [-0.3, -0.25) is 4.79 Å². The zero-order valence-electron chi connectivity index (χ0n) is 10.3. The Morgan fingerprint density at radius 2 is 2.19 bits per heavy atom. The fraction of sp³-hybridized carbons (Fsp3) is 0.462. The molecular weight excluding hydrogens is 202 g/mol. The number of aryl methyl sites for hydroxylation is 1. The molecule has 1 atom stereocenters. The Bertz CT molecular complexity index is 374. The van der Waals surface area contributed by atoms with E-state index in [9.17, 15) is 4.79 Å². The van der Waals surface area contributed by atoms with Gasteiger partial charge in [-0.15, -0.1) is 0 Å². The molecule has 0 aliphatic carbocycles. The van der Waals surface area contributed by atoms with Gasteiger partial charge in [0.05, 0.1) is 13.2 Å². The molecule has 1 unspecified atom stereocenters. The summed E-state index contributed by atoms with van der Waals surface area (Å²) < 4.78 is 5.24. The SMILES string of the molecule is CNC(C)C(=O)Cc1cc(C)ccc1OC. The van der Waals surface area contributed by atoms with Gasteiger partial charge < -0.3 is 10.1 Å². The Kier molecular flexibility index (Phi) is 4.50. The van der Waals surface area contributed by atoms with E-state index in [-0.39, 0.29) is 11.8 Å². The minimum atomic E-state index is -0.120. The fourth-order valence-electron chi connectivity index (χ4n) is 1.55. The first-order chi connectivity index (χ1) is 7.58. The van der Waals surface area contributed by atoms with Crippen molar-refractivity contribution in [3.63, 3.8) is 0 Å². The highest BCUT2D eigenvalue weighted by Gasteiger charge is 2.13. The maximum atomic E-state index is 11.8. The first kappa shape index (κ1) is 12.7. The Morgan fingerprint density at radius 3 is 2.75 bits per heavy atom. The third kappa shape index (κ3) is 3.07. The molecule has 0 aromatic heterocycles. The number of likely N-dealkylation sites (N-methyl/N-ethyl adjacent to an activating group) is 1. The van der Waals surface area contributed by atoms with Crippen LogP contribution < -0.4 is 10.1 Å². The lowest BCUT2D eigenvalue weighted by atomic mass is 10.0. The number of hydrogen-bond donors (Lipinski definition) is 1. The monoisotopic (exact) mass is 221 g/mol. The molecule has 0 saturated carbocycles. The molecule has 1 rings (SSSR count). The van der Waals surface area contributed by atoms with Gasteiger partial charge in [-0.1, -0.05) is 17.7 Å². The molecule has 3 heteroatoms. The van der Waals surface area contributed by atoms with E-state index >= 15 is 0 Å². The van der Waals surface area contributed by atoms with Gasteiger partial charge in [0.15, 0.2) is 5.78 Å². The van der Waals surface area contributed by atoms with Gasteiger partial charge in [-0.2, -0.15) is 0 Å². The number of hydrogen-bond acceptors (Lipinski definition) is 3. The number of rotatable bonds is 5. The molecule has 0 heterocycles. The summed E-state index contributed by atoms with van der Waals surface area (Å²) in [5.74, 6) is 0.952. The van der Waals surface area contributed by atoms with E-state index < -0.39 is 0 Å². The van der Waals surface area contributed by atoms with Crippen LogP contribution >= 0.6 is 0 Å². The molecule has 16 heavy (non-hydrogen) atoms. The van der Waals surface area contributed by atoms with Crippen molar-refractivity contribution in [3.05, 3.63) is 29.3 Å². The van der Waals surface area contributed by atoms with Crippen LogP contribution in [0.2, 0.25) is 0 Å². The summed E-state index contributed by atoms with van der Waals surface area (Å²) in [5, 5.41) is 2.95. The normalized spacial score (nSPS) is 12.2. The molecule has 1 aromatic carbocycles. The van der Waals surface area contributed by atoms with E-state index in [0.717, 1.165) is 16.9 Å². The zero-order chi connectivity index (χ0) is 12.1. The molecule has 3 nitrogen and oxygen atoms in total. The summed E-state index contributed by atoms with van der Waals surface area (Å²) in [7, 11) is 3.41. The van der Waals surface area contributed by atoms with Gasteiger partial charge in [-0.05, 0) is 27.0 Å². The Morgan fingerprint density at radius 1 is 1.50 bits per heavy atom. The largest absolute Gasteiger partial charge is 0.496 e. The summed E-state index contributed by atoms with van der Waals surface area (Å²) >= 11 is 0. The first-order valence-electron chi connectivity index (χ1n) is 5.42. The van der Waals surface area contributed by atoms with E-state index in [1.54, 1.807) is 14.2 Å². The zero-order valence-corrected chi connectivity index (χ0v) is 10.3. The van der Waals surface area contributed by atoms with Crippen LogP contribution in [0.25, 0.3) is 0 Å². The van der Waals surface area contributed by atoms with E-state index in [0.29, 0.717) is 6.42 Å². The molecule has 1 aromatic rings. The molecule has 0 spiro atoms. The second-order valence-corrected chi connectivity index (χ2v) is 3.97. The van der Waals surface area contributed by atoms with Crippen molar-refractivity contribution in [2.45, 2.75) is 26.3 Å². The predicted octanol–water partition coefficient (Wildman–Crippen LogP) is 1.72. The molecule has 0 bridgehead atoms. The molecule has 0 amide bonds. The average Bonchev–Trinajstić information content (AvgIpc) is 2.28. The lowest BCUT2D eigenvalue weighted by molar-refractivity contribution is -0.119. The number of carbonyl (C=O) groups is 1. The lowest BCUT2D eigenvalue weighted by Gasteiger charge is -2.12. The second kappa shape index (κ2) is 5.66. The second-order valence-electron chi connectivity index (χ2n) is 3.97. The highest BCUT2D eigenvalue weighted by atomic mass is 16.5. The number of ketones is 1. The van der Waals surface area contributed by atoms with Crippen molar-refractivity contribution in [2.75, 3.05) is 14.2 Å². The van der Waals surface area contributed by atoms with Gasteiger partial charge in [-0.25, -0.2) is 0 Å². The third-order valence-corrected chi connectivity index (χ3v) is 2.72. The highest BCUT2D eigenvalue weighted by molar-refractivity contribution is 5.86. The van der Waals surface area contributed by atoms with Gasteiger partial charge >= 0.3 is 0 Å². The van der Waals surface area contributed by atoms with Crippen molar-refractivity contribution in [1.29, 1.82) is 0 Å². The summed E-state index contributed by atoms with van der Waals surface area (Å²) in [4.78, 5) is 11.8. The van der Waals surface area contributed by atoms with Crippen LogP contribution in [0, 0.1) is 6.92 Å². The first-order valence-corrected chi connectivity index (χ1v) is 5.42. The Hall–Kier alpha value is -1.35. The van der Waals surface area contributed by atoms with Gasteiger partial charge in [0.2, 0.25) is 0 Å². The van der Waals surface area contributed by atoms with E-state index in [2.05, 4.69) is 5.32 Å². The molecule has 0 aliphatic heterocycles. The van der Waals surface area contributed by atoms with Gasteiger partial charge in [0.25, 0.3) is 0 Å². The van der Waals surface area contributed by atoms with Gasteiger partial charge in [0.1, 0.15) is 5.75 Å². The number of Topliss-reactive ketones (excluding diaryl/α,β-unsaturated/α-hetero) is 1. The minimum absolute atomic E-state index is 0.120. The van der Waals surface area contributed by atoms with Crippen LogP contribution in [0.1, 0.15) is 18.1 Å². The third-order valence-electron chi connectivity index (χ3n) is 2.72. The summed E-state index contributed by atoms with van der Waals surface area (Å²) in [6.45, 7) is 3.87. The van der Waals surface area contributed by atoms with Crippen LogP contribution in [-0.2, 0) is 11.2 Å². The van der Waals surface area contributed by atoms with Crippen molar-refractivity contribution in [1.82, 2.24) is 5.32 Å². The summed E-state index contributed by atoms with van der Waals surface area (Å²) in [6, 6.07) is 5.76. The molecule has 1 N–H and O–H groups in total. The number of nitrogens with one attached hydrogen (secondary N) is 1. The maximum absolute atomic E-state index is 11.8. The Balaban J connectivity index is 2.87. The predicted molar refractivity (Wildman–Crippen MR) is 65.0 cm³/mol. The lowest BCUT2D eigenvalue weighted by Crippen LogP contribution is -2.31. The number of methoxy groups -OCH3 is 1. The molecule has 88 valence electrons. The van der Waals surface area contributed by atoms with Gasteiger partial charge in [0, 0.05) is 12.0 Å². The molecule has 0 saturated heterocycles. The van der Waals surface area contributed by atoms with E-state index in [1.807, 2.05) is 32.0 Å². The van der Waals surface area contributed by atoms with E-state index in [4.69, 9.17) is 4.74 Å². The molecular formula is C13H19NO2. The van der Waals surface area contributed by atoms with Crippen molar-refractivity contribution in [2.24, 2.45) is 0 Å². The van der Waals surface area contributed by atoms with Crippen LogP contribution in [0.3, 0.4) is 0 Å². The topological polar surface area (TPSA) is 38.3 Å². The maximum Gasteiger partial charge on any atom is 0.153 e. The minimum Gasteiger partial charge on any atom is -0.496 e. The van der Waals surface area contributed by atoms with Crippen LogP contribution in [0.5, 0.6) is 5.75 Å². The molecule has 0 aliphatic rings. The standard InChI is InChI=1S/C13H19NO2/c1-9-5-6-13(16-4)11(7-9)8-12(15)10(2)14-3/h5-7,10,14H,8H2,1-4H3. The Labute approximate surface area is 96.8 Å². The average molecular weight is 221 g/mol. The number of ether oxygens (including phenoxy) is 1. The number of carbonyl (C=O) groups excluding carboxylic acids is 1. The van der Waals surface area contributed by atoms with Crippen molar-refractivity contribution < 1.29 is 9.53 Å². The summed E-state index contributed by atoms with van der Waals surface area (Å²) in [5.41, 5.74) is 2.09. The van der Waals surface area contributed by atoms with Crippen molar-refractivity contribution in [3.8, 4) is 5.75 Å². The number of benzene rings is 1. The quantitative estimate of drug-likeness (QED) is 0.822. The van der Waals surface area contributed by atoms with Crippen molar-refractivity contribution >= 4 is 5.78 Å². The van der Waals surface area contributed by atoms with E-state index in [1.165, 1.54) is 0 Å². The smallest absolute Gasteiger partial charge is 0.153 e. The molecule has 0 fully saturated rings. The van der Waals surface area contributed by atoms with Crippen LogP contribution in [0.4, 0.5) is 0 Å². The molecule has 0 radical (unpaired) electrons. The summed E-state index contributed by atoms with van der Waals surface area (Å²) in [6.07, 6.45) is 0.410. The highest BCUT2D eigenvalue weighted by Crippen LogP contribution is 2.20. The van der Waals surface area contributed by atoms with Crippen LogP contribution in [0.15, 0.2) is 18.2 Å². The van der Waals surface area contributed by atoms with Crippen LogP contribution in [-0.4, -0.2) is 26.0 Å².